The molecule has 1 fully saturated rings. The molecule has 0 radical (unpaired) electrons. The number of carbonyl (C=O) groups is 1. The predicted molar refractivity (Wildman–Crippen MR) is 98.5 cm³/mol. The zero-order valence-corrected chi connectivity index (χ0v) is 14.3. The van der Waals surface area contributed by atoms with Gasteiger partial charge in [0.1, 0.15) is 5.75 Å². The molecule has 3 rings (SSSR count). The highest BCUT2D eigenvalue weighted by atomic mass is 19.4. The van der Waals surface area contributed by atoms with Crippen molar-refractivity contribution in [1.82, 2.24) is 0 Å². The number of rotatable bonds is 5. The lowest BCUT2D eigenvalue weighted by Crippen LogP contribution is -2.23. The second-order valence-electron chi connectivity index (χ2n) is 6.11. The fourth-order valence-corrected chi connectivity index (χ4v) is 3.04. The highest BCUT2D eigenvalue weighted by molar-refractivity contribution is 6.04. The summed E-state index contributed by atoms with van der Waals surface area (Å²) in [5, 5.41) is 2.43. The first kappa shape index (κ1) is 13.5. The molecule has 1 N–H and O–H groups in total. The maximum Gasteiger partial charge on any atom is 0.418 e. The van der Waals surface area contributed by atoms with Gasteiger partial charge in [-0.2, -0.15) is 13.2 Å². The van der Waals surface area contributed by atoms with Crippen molar-refractivity contribution in [2.45, 2.75) is 25.9 Å². The van der Waals surface area contributed by atoms with E-state index in [-0.39, 0.29) is 22.7 Å². The van der Waals surface area contributed by atoms with Gasteiger partial charge >= 0.3 is 6.18 Å². The first-order valence-corrected chi connectivity index (χ1v) is 8.34. The highest BCUT2D eigenvalue weighted by Gasteiger charge is 2.36. The van der Waals surface area contributed by atoms with E-state index in [1.807, 2.05) is 0 Å². The van der Waals surface area contributed by atoms with Crippen molar-refractivity contribution < 1.29 is 29.6 Å². The summed E-state index contributed by atoms with van der Waals surface area (Å²) in [5.41, 5.74) is -0.959. The standard InChI is InChI=1S/C20H21F3N2O2/c1-2-27-16-7-5-6-15(13-16)24-19(26)14-8-9-18(25-10-3-4-11-25)17(12-14)20(21,22)23/h5-9,12-13H,2-4,10-11H2,1H3,(H,24,26)/i1D3,2D2. The Hall–Kier alpha value is -2.70. The molecule has 2 aromatic carbocycles. The average molecular weight is 383 g/mol. The monoisotopic (exact) mass is 383 g/mol. The van der Waals surface area contributed by atoms with Crippen molar-refractivity contribution >= 4 is 17.3 Å². The molecule has 0 unspecified atom stereocenters. The number of anilines is 2. The average Bonchev–Trinajstić information content (AvgIpc) is 3.20. The molecule has 2 aromatic rings. The number of ether oxygens (including phenoxy) is 1. The number of halogens is 3. The van der Waals surface area contributed by atoms with E-state index in [0.717, 1.165) is 18.9 Å². The summed E-state index contributed by atoms with van der Waals surface area (Å²) in [6.07, 6.45) is -3.03. The van der Waals surface area contributed by atoms with Crippen molar-refractivity contribution in [2.24, 2.45) is 0 Å². The second-order valence-corrected chi connectivity index (χ2v) is 6.11. The van der Waals surface area contributed by atoms with Crippen LogP contribution in [0.25, 0.3) is 0 Å². The summed E-state index contributed by atoms with van der Waals surface area (Å²) in [6, 6.07) is 8.68. The number of amides is 1. The van der Waals surface area contributed by atoms with Crippen LogP contribution in [-0.4, -0.2) is 25.6 Å². The van der Waals surface area contributed by atoms with Gasteiger partial charge in [0.2, 0.25) is 0 Å². The van der Waals surface area contributed by atoms with Crippen LogP contribution in [0.1, 0.15) is 42.5 Å². The van der Waals surface area contributed by atoms with Crippen LogP contribution < -0.4 is 15.0 Å². The van der Waals surface area contributed by atoms with Gasteiger partial charge < -0.3 is 15.0 Å². The van der Waals surface area contributed by atoms with Gasteiger partial charge in [-0.3, -0.25) is 4.79 Å². The topological polar surface area (TPSA) is 41.6 Å². The molecule has 0 aliphatic carbocycles. The molecule has 4 nitrogen and oxygen atoms in total. The Kier molecular flexibility index (Phi) is 3.94. The smallest absolute Gasteiger partial charge is 0.418 e. The zero-order valence-electron chi connectivity index (χ0n) is 19.3. The van der Waals surface area contributed by atoms with E-state index in [2.05, 4.69) is 5.32 Å². The highest BCUT2D eigenvalue weighted by Crippen LogP contribution is 2.38. The van der Waals surface area contributed by atoms with Gasteiger partial charge in [-0.25, -0.2) is 0 Å². The van der Waals surface area contributed by atoms with E-state index in [1.54, 1.807) is 4.90 Å². The number of hydrogen-bond donors (Lipinski definition) is 1. The van der Waals surface area contributed by atoms with Crippen LogP contribution in [-0.2, 0) is 6.18 Å². The lowest BCUT2D eigenvalue weighted by atomic mass is 10.1. The van der Waals surface area contributed by atoms with Crippen molar-refractivity contribution in [2.75, 3.05) is 29.9 Å². The molecular weight excluding hydrogens is 357 g/mol. The van der Waals surface area contributed by atoms with Gasteiger partial charge in [-0.05, 0) is 50.0 Å². The van der Waals surface area contributed by atoms with E-state index >= 15 is 0 Å². The van der Waals surface area contributed by atoms with Crippen LogP contribution in [0.2, 0.25) is 0 Å². The molecule has 7 heteroatoms. The number of alkyl halides is 3. The Morgan fingerprint density at radius 3 is 2.74 bits per heavy atom. The van der Waals surface area contributed by atoms with Crippen molar-refractivity contribution in [3.8, 4) is 5.75 Å². The molecule has 0 bridgehead atoms. The minimum absolute atomic E-state index is 0.0360. The number of benzene rings is 2. The molecular formula is C20H21F3N2O2. The van der Waals surface area contributed by atoms with Crippen LogP contribution in [0.4, 0.5) is 24.5 Å². The Morgan fingerprint density at radius 2 is 2.04 bits per heavy atom. The Bertz CT molecular complexity index is 990. The molecule has 0 saturated carbocycles. The summed E-state index contributed by atoms with van der Waals surface area (Å²) >= 11 is 0. The lowest BCUT2D eigenvalue weighted by Gasteiger charge is -2.23. The normalized spacial score (nSPS) is 18.0. The largest absolute Gasteiger partial charge is 0.494 e. The number of nitrogens with zero attached hydrogens (tertiary/aromatic N) is 1. The van der Waals surface area contributed by atoms with Crippen LogP contribution >= 0.6 is 0 Å². The Balaban J connectivity index is 1.82. The Labute approximate surface area is 163 Å². The molecule has 1 aliphatic rings. The molecule has 0 spiro atoms. The van der Waals surface area contributed by atoms with Gasteiger partial charge in [0.15, 0.2) is 0 Å². The van der Waals surface area contributed by atoms with Crippen LogP contribution in [0.3, 0.4) is 0 Å². The first-order valence-electron chi connectivity index (χ1n) is 10.8. The zero-order chi connectivity index (χ0) is 23.7. The molecule has 1 heterocycles. The maximum absolute atomic E-state index is 13.6. The SMILES string of the molecule is [2H]C([2H])([2H])C([2H])([2H])Oc1cccc(NC(=O)c2ccc(N3CCCC3)c(C(F)(F)F)c2)c1. The molecule has 1 amide bonds. The maximum atomic E-state index is 13.6. The molecule has 0 aromatic heterocycles. The van der Waals surface area contributed by atoms with Crippen LogP contribution in [0, 0.1) is 0 Å². The number of hydrogen-bond acceptors (Lipinski definition) is 3. The third kappa shape index (κ3) is 4.53. The van der Waals surface area contributed by atoms with Crippen molar-refractivity contribution in [3.63, 3.8) is 0 Å². The van der Waals surface area contributed by atoms with Crippen LogP contribution in [0.5, 0.6) is 5.75 Å². The van der Waals surface area contributed by atoms with E-state index in [4.69, 9.17) is 11.6 Å². The van der Waals surface area contributed by atoms with E-state index in [0.29, 0.717) is 13.1 Å². The van der Waals surface area contributed by atoms with E-state index in [9.17, 15) is 18.0 Å². The molecule has 1 aliphatic heterocycles. The summed E-state index contributed by atoms with van der Waals surface area (Å²) in [5.74, 6) is -0.969. The number of carbonyl (C=O) groups excluding carboxylic acids is 1. The van der Waals surface area contributed by atoms with Gasteiger partial charge in [0.05, 0.1) is 14.9 Å². The van der Waals surface area contributed by atoms with E-state index in [1.165, 1.54) is 36.4 Å². The molecule has 1 saturated heterocycles. The fraction of sp³-hybridized carbons (Fsp3) is 0.350. The molecule has 144 valence electrons. The van der Waals surface area contributed by atoms with Gasteiger partial charge in [0, 0.05) is 40.2 Å². The lowest BCUT2D eigenvalue weighted by molar-refractivity contribution is -0.137. The first-order chi connectivity index (χ1) is 14.8. The summed E-state index contributed by atoms with van der Waals surface area (Å²) in [7, 11) is 0. The molecule has 0 atom stereocenters. The second kappa shape index (κ2) is 7.90. The third-order valence-electron chi connectivity index (χ3n) is 4.27. The van der Waals surface area contributed by atoms with Gasteiger partial charge in [0.25, 0.3) is 5.91 Å². The fourth-order valence-electron chi connectivity index (χ4n) is 3.04. The van der Waals surface area contributed by atoms with Crippen molar-refractivity contribution in [1.29, 1.82) is 0 Å². The minimum atomic E-state index is -4.64. The summed E-state index contributed by atoms with van der Waals surface area (Å²) in [4.78, 5) is 14.2. The third-order valence-corrected chi connectivity index (χ3v) is 4.27. The molecule has 27 heavy (non-hydrogen) atoms. The summed E-state index contributed by atoms with van der Waals surface area (Å²) < 4.78 is 82.3. The van der Waals surface area contributed by atoms with Gasteiger partial charge in [-0.1, -0.05) is 6.07 Å². The predicted octanol–water partition coefficient (Wildman–Crippen LogP) is 4.96. The number of nitrogens with one attached hydrogen (secondary N) is 1. The summed E-state index contributed by atoms with van der Waals surface area (Å²) in [6.45, 7) is -4.98. The van der Waals surface area contributed by atoms with Gasteiger partial charge in [-0.15, -0.1) is 0 Å². The minimum Gasteiger partial charge on any atom is -0.494 e. The van der Waals surface area contributed by atoms with E-state index < -0.39 is 31.1 Å². The Morgan fingerprint density at radius 1 is 1.26 bits per heavy atom. The quantitative estimate of drug-likeness (QED) is 0.794. The van der Waals surface area contributed by atoms with Crippen molar-refractivity contribution in [3.05, 3.63) is 53.6 Å². The van der Waals surface area contributed by atoms with Crippen LogP contribution in [0.15, 0.2) is 42.5 Å².